The molecule has 202 valence electrons. The minimum absolute atomic E-state index is 0.150. The van der Waals surface area contributed by atoms with Gasteiger partial charge in [0.15, 0.2) is 10.2 Å². The van der Waals surface area contributed by atoms with Crippen LogP contribution in [-0.4, -0.2) is 35.3 Å². The number of thiocarbonyl (C=S) groups is 2. The molecule has 0 bridgehead atoms. The molecule has 0 saturated carbocycles. The Balaban J connectivity index is 1.27. The maximum absolute atomic E-state index is 12.4. The number of benzene rings is 4. The molecule has 8 nitrogen and oxygen atoms in total. The standard InChI is InChI=1S/C30H26N4O4S2/c35-27(21-11-3-1-4-12-21)33-29(39)31-23-15-7-9-17-25(23)37-19-20-38-26-18-10-8-16-24(26)32-30(40)34-28(36)22-13-5-2-6-14-22/h1-18H,19-20H2,(H2,31,33,35,39)(H2,32,34,36,40). The number of nitrogens with one attached hydrogen (secondary N) is 4. The zero-order valence-corrected chi connectivity index (χ0v) is 22.9. The second-order valence-corrected chi connectivity index (χ2v) is 9.05. The predicted octanol–water partition coefficient (Wildman–Crippen LogP) is 5.40. The Morgan fingerprint density at radius 3 is 1.27 bits per heavy atom. The molecule has 4 aromatic carbocycles. The summed E-state index contributed by atoms with van der Waals surface area (Å²) in [5.74, 6) is 0.463. The minimum atomic E-state index is -0.309. The van der Waals surface area contributed by atoms with Crippen molar-refractivity contribution in [1.29, 1.82) is 0 Å². The maximum Gasteiger partial charge on any atom is 0.257 e. The van der Waals surface area contributed by atoms with Crippen LogP contribution >= 0.6 is 24.4 Å². The molecule has 0 spiro atoms. The van der Waals surface area contributed by atoms with Crippen molar-refractivity contribution in [2.45, 2.75) is 0 Å². The monoisotopic (exact) mass is 570 g/mol. The highest BCUT2D eigenvalue weighted by atomic mass is 32.1. The van der Waals surface area contributed by atoms with Crippen LogP contribution in [0.1, 0.15) is 20.7 Å². The molecule has 0 radical (unpaired) electrons. The molecule has 0 unspecified atom stereocenters. The van der Waals surface area contributed by atoms with Gasteiger partial charge in [-0.15, -0.1) is 0 Å². The summed E-state index contributed by atoms with van der Waals surface area (Å²) in [6.07, 6.45) is 0. The molecule has 0 atom stereocenters. The van der Waals surface area contributed by atoms with Crippen LogP contribution < -0.4 is 30.7 Å². The van der Waals surface area contributed by atoms with Crippen molar-refractivity contribution in [3.05, 3.63) is 120 Å². The zero-order valence-electron chi connectivity index (χ0n) is 21.3. The molecule has 40 heavy (non-hydrogen) atoms. The van der Waals surface area contributed by atoms with Crippen LogP contribution in [0.2, 0.25) is 0 Å². The lowest BCUT2D eigenvalue weighted by Crippen LogP contribution is -2.34. The van der Waals surface area contributed by atoms with Gasteiger partial charge in [-0.05, 0) is 73.0 Å². The van der Waals surface area contributed by atoms with Crippen LogP contribution in [0, 0.1) is 0 Å². The van der Waals surface area contributed by atoms with Gasteiger partial charge in [0.25, 0.3) is 11.8 Å². The van der Waals surface area contributed by atoms with E-state index in [-0.39, 0.29) is 35.3 Å². The third-order valence-electron chi connectivity index (χ3n) is 5.40. The zero-order chi connectivity index (χ0) is 28.2. The fourth-order valence-corrected chi connectivity index (χ4v) is 3.94. The fourth-order valence-electron chi connectivity index (χ4n) is 3.53. The minimum Gasteiger partial charge on any atom is -0.488 e. The largest absolute Gasteiger partial charge is 0.488 e. The molecular formula is C30H26N4O4S2. The summed E-state index contributed by atoms with van der Waals surface area (Å²) in [6, 6.07) is 32.1. The summed E-state index contributed by atoms with van der Waals surface area (Å²) in [5.41, 5.74) is 2.20. The van der Waals surface area contributed by atoms with Crippen molar-refractivity contribution in [2.24, 2.45) is 0 Å². The van der Waals surface area contributed by atoms with Crippen molar-refractivity contribution in [3.8, 4) is 11.5 Å². The number of rotatable bonds is 9. The first-order valence-electron chi connectivity index (χ1n) is 12.3. The molecule has 4 rings (SSSR count). The summed E-state index contributed by atoms with van der Waals surface area (Å²) in [5, 5.41) is 11.6. The van der Waals surface area contributed by atoms with E-state index in [0.717, 1.165) is 0 Å². The topological polar surface area (TPSA) is 101 Å². The van der Waals surface area contributed by atoms with Gasteiger partial charge in [-0.2, -0.15) is 0 Å². The fraction of sp³-hybridized carbons (Fsp3) is 0.0667. The molecular weight excluding hydrogens is 544 g/mol. The van der Waals surface area contributed by atoms with E-state index in [1.807, 2.05) is 36.4 Å². The SMILES string of the molecule is O=C(NC(=S)Nc1ccccc1OCCOc1ccccc1NC(=S)NC(=O)c1ccccc1)c1ccccc1. The maximum atomic E-state index is 12.4. The van der Waals surface area contributed by atoms with Gasteiger partial charge in [0.1, 0.15) is 24.7 Å². The van der Waals surface area contributed by atoms with Crippen LogP contribution in [0.5, 0.6) is 11.5 Å². The van der Waals surface area contributed by atoms with Crippen molar-refractivity contribution in [1.82, 2.24) is 10.6 Å². The van der Waals surface area contributed by atoms with E-state index in [0.29, 0.717) is 34.0 Å². The highest BCUT2D eigenvalue weighted by Gasteiger charge is 2.12. The van der Waals surface area contributed by atoms with E-state index in [9.17, 15) is 9.59 Å². The van der Waals surface area contributed by atoms with Crippen molar-refractivity contribution in [2.75, 3.05) is 23.8 Å². The number of carbonyl (C=O) groups excluding carboxylic acids is 2. The Labute approximate surface area is 242 Å². The summed E-state index contributed by atoms with van der Waals surface area (Å²) in [7, 11) is 0. The van der Waals surface area contributed by atoms with Crippen LogP contribution in [0.4, 0.5) is 11.4 Å². The molecule has 0 aromatic heterocycles. The van der Waals surface area contributed by atoms with E-state index in [2.05, 4.69) is 21.3 Å². The van der Waals surface area contributed by atoms with E-state index in [1.165, 1.54) is 0 Å². The number of hydrogen-bond donors (Lipinski definition) is 4. The number of ether oxygens (including phenoxy) is 2. The summed E-state index contributed by atoms with van der Waals surface area (Å²) in [6.45, 7) is 0.455. The van der Waals surface area contributed by atoms with E-state index < -0.39 is 0 Å². The van der Waals surface area contributed by atoms with Crippen LogP contribution in [0.3, 0.4) is 0 Å². The first kappa shape index (κ1) is 28.2. The predicted molar refractivity (Wildman–Crippen MR) is 164 cm³/mol. The molecule has 2 amide bonds. The molecule has 4 N–H and O–H groups in total. The lowest BCUT2D eigenvalue weighted by atomic mass is 10.2. The number of carbonyl (C=O) groups is 2. The number of hydrogen-bond acceptors (Lipinski definition) is 6. The van der Waals surface area contributed by atoms with Crippen molar-refractivity contribution in [3.63, 3.8) is 0 Å². The Morgan fingerprint density at radius 1 is 0.525 bits per heavy atom. The van der Waals surface area contributed by atoms with Gasteiger partial charge in [-0.1, -0.05) is 60.7 Å². The Morgan fingerprint density at radius 2 is 0.875 bits per heavy atom. The van der Waals surface area contributed by atoms with Crippen molar-refractivity contribution < 1.29 is 19.1 Å². The van der Waals surface area contributed by atoms with Crippen LogP contribution in [-0.2, 0) is 0 Å². The van der Waals surface area contributed by atoms with Gasteiger partial charge < -0.3 is 20.1 Å². The Kier molecular flexibility index (Phi) is 10.1. The molecule has 10 heteroatoms. The summed E-state index contributed by atoms with van der Waals surface area (Å²) >= 11 is 10.6. The summed E-state index contributed by atoms with van der Waals surface area (Å²) in [4.78, 5) is 24.7. The molecule has 0 saturated heterocycles. The van der Waals surface area contributed by atoms with Gasteiger partial charge in [0.2, 0.25) is 0 Å². The average Bonchev–Trinajstić information content (AvgIpc) is 2.97. The molecule has 0 aliphatic carbocycles. The first-order valence-corrected chi connectivity index (χ1v) is 13.1. The number of amides is 2. The van der Waals surface area contributed by atoms with Gasteiger partial charge in [-0.3, -0.25) is 20.2 Å². The van der Waals surface area contributed by atoms with Crippen LogP contribution in [0.15, 0.2) is 109 Å². The molecule has 4 aromatic rings. The second kappa shape index (κ2) is 14.4. The summed E-state index contributed by atoms with van der Waals surface area (Å²) < 4.78 is 11.8. The lowest BCUT2D eigenvalue weighted by Gasteiger charge is -2.16. The van der Waals surface area contributed by atoms with E-state index in [1.54, 1.807) is 72.8 Å². The molecule has 0 fully saturated rings. The number of para-hydroxylation sites is 4. The highest BCUT2D eigenvalue weighted by molar-refractivity contribution is 7.80. The molecule has 0 aliphatic rings. The first-order chi connectivity index (χ1) is 19.5. The highest BCUT2D eigenvalue weighted by Crippen LogP contribution is 2.25. The van der Waals surface area contributed by atoms with E-state index in [4.69, 9.17) is 33.9 Å². The van der Waals surface area contributed by atoms with Gasteiger partial charge >= 0.3 is 0 Å². The van der Waals surface area contributed by atoms with Crippen molar-refractivity contribution >= 4 is 57.8 Å². The Bertz CT molecular complexity index is 1370. The quantitative estimate of drug-likeness (QED) is 0.157. The van der Waals surface area contributed by atoms with Gasteiger partial charge in [0, 0.05) is 11.1 Å². The third-order valence-corrected chi connectivity index (χ3v) is 5.80. The molecule has 0 aliphatic heterocycles. The van der Waals surface area contributed by atoms with E-state index >= 15 is 0 Å². The smallest absolute Gasteiger partial charge is 0.257 e. The number of anilines is 2. The van der Waals surface area contributed by atoms with Crippen LogP contribution in [0.25, 0.3) is 0 Å². The molecule has 0 heterocycles. The van der Waals surface area contributed by atoms with Gasteiger partial charge in [0.05, 0.1) is 11.4 Å². The second-order valence-electron chi connectivity index (χ2n) is 8.24. The van der Waals surface area contributed by atoms with Gasteiger partial charge in [-0.25, -0.2) is 0 Å². The Hall–Kier alpha value is -4.80. The lowest BCUT2D eigenvalue weighted by molar-refractivity contribution is 0.0969. The normalized spacial score (nSPS) is 10.1. The average molecular weight is 571 g/mol. The third kappa shape index (κ3) is 8.35.